The third-order valence-electron chi connectivity index (χ3n) is 3.30. The highest BCUT2D eigenvalue weighted by atomic mass is 79.9. The van der Waals surface area contributed by atoms with E-state index in [0.29, 0.717) is 10.8 Å². The van der Waals surface area contributed by atoms with Gasteiger partial charge < -0.3 is 14.5 Å². The van der Waals surface area contributed by atoms with Gasteiger partial charge in [-0.3, -0.25) is 4.79 Å². The van der Waals surface area contributed by atoms with Crippen LogP contribution in [0.15, 0.2) is 56.6 Å². The van der Waals surface area contributed by atoms with Crippen LogP contribution < -0.4 is 5.43 Å². The van der Waals surface area contributed by atoms with Crippen molar-refractivity contribution >= 4 is 45.5 Å². The predicted molar refractivity (Wildman–Crippen MR) is 101 cm³/mol. The summed E-state index contributed by atoms with van der Waals surface area (Å²) in [6.45, 7) is 0.130. The Hall–Kier alpha value is -2.98. The number of nitrogens with zero attached hydrogens (tertiary/aromatic N) is 4. The Labute approximate surface area is 165 Å². The summed E-state index contributed by atoms with van der Waals surface area (Å²) in [6, 6.07) is 10.0. The van der Waals surface area contributed by atoms with Crippen LogP contribution in [0.5, 0.6) is 0 Å². The molecule has 1 N–H and O–H groups in total. The van der Waals surface area contributed by atoms with E-state index in [1.54, 1.807) is 30.3 Å². The second-order valence-electron chi connectivity index (χ2n) is 5.28. The molecule has 0 atom stereocenters. The lowest BCUT2D eigenvalue weighted by Crippen LogP contribution is -2.16. The van der Waals surface area contributed by atoms with E-state index in [-0.39, 0.29) is 22.6 Å². The number of hydrazone groups is 1. The fourth-order valence-corrected chi connectivity index (χ4v) is 2.80. The highest BCUT2D eigenvalue weighted by Crippen LogP contribution is 2.22. The summed E-state index contributed by atoms with van der Waals surface area (Å²) < 4.78 is 7.02. The Morgan fingerprint density at radius 3 is 2.96 bits per heavy atom. The maximum Gasteiger partial charge on any atom is 0.404 e. The monoisotopic (exact) mass is 451 g/mol. The van der Waals surface area contributed by atoms with Gasteiger partial charge in [-0.2, -0.15) is 9.78 Å². The summed E-state index contributed by atoms with van der Waals surface area (Å²) >= 11 is 8.94. The predicted octanol–water partition coefficient (Wildman–Crippen LogP) is 3.61. The molecule has 2 heterocycles. The Bertz CT molecular complexity index is 1030. The van der Waals surface area contributed by atoms with Crippen LogP contribution in [0, 0.1) is 10.1 Å². The number of carbonyl (C=O) groups is 1. The van der Waals surface area contributed by atoms with Crippen LogP contribution in [-0.4, -0.2) is 26.8 Å². The summed E-state index contributed by atoms with van der Waals surface area (Å²) in [5.41, 5.74) is 3.08. The smallest absolute Gasteiger partial charge is 0.404 e. The van der Waals surface area contributed by atoms with Gasteiger partial charge >= 0.3 is 11.7 Å². The zero-order valence-electron chi connectivity index (χ0n) is 13.5. The van der Waals surface area contributed by atoms with Crippen LogP contribution in [0.25, 0.3) is 0 Å². The molecule has 0 aliphatic rings. The minimum Gasteiger partial charge on any atom is -0.454 e. The number of halogens is 2. The third-order valence-corrected chi connectivity index (χ3v) is 4.10. The maximum atomic E-state index is 12.1. The van der Waals surface area contributed by atoms with Crippen molar-refractivity contribution in [2.45, 2.75) is 6.54 Å². The van der Waals surface area contributed by atoms with E-state index in [1.165, 1.54) is 23.2 Å². The lowest BCUT2D eigenvalue weighted by atomic mass is 10.2. The van der Waals surface area contributed by atoms with E-state index in [1.807, 2.05) is 0 Å². The van der Waals surface area contributed by atoms with Crippen molar-refractivity contribution in [1.29, 1.82) is 0 Å². The Balaban J connectivity index is 1.62. The number of carbonyl (C=O) groups excluding carboxylic acids is 1. The van der Waals surface area contributed by atoms with Gasteiger partial charge in [0.05, 0.1) is 17.5 Å². The molecule has 138 valence electrons. The first-order valence-corrected chi connectivity index (χ1v) is 8.64. The third kappa shape index (κ3) is 4.80. The fraction of sp³-hybridized carbons (Fsp3) is 0.0625. The lowest BCUT2D eigenvalue weighted by Gasteiger charge is -1.97. The van der Waals surface area contributed by atoms with Gasteiger partial charge in [-0.15, -0.1) is 0 Å². The SMILES string of the molecule is O=C(N/N=C\c1cccc(Cl)c1)c1ccc(Cn2cc(Br)c([N+](=O)[O-])n2)o1. The van der Waals surface area contributed by atoms with Gasteiger partial charge in [0.1, 0.15) is 16.8 Å². The number of nitrogens with one attached hydrogen (secondary N) is 1. The molecule has 3 rings (SSSR count). The molecule has 11 heteroatoms. The molecule has 0 aliphatic heterocycles. The van der Waals surface area contributed by atoms with Gasteiger partial charge in [0, 0.05) is 5.02 Å². The van der Waals surface area contributed by atoms with Crippen LogP contribution in [-0.2, 0) is 6.54 Å². The zero-order chi connectivity index (χ0) is 19.4. The van der Waals surface area contributed by atoms with Crippen molar-refractivity contribution in [3.8, 4) is 0 Å². The van der Waals surface area contributed by atoms with Gasteiger partial charge in [0.25, 0.3) is 0 Å². The summed E-state index contributed by atoms with van der Waals surface area (Å²) in [5.74, 6) is -0.375. The Kier molecular flexibility index (Phi) is 5.67. The molecule has 0 bridgehead atoms. The molecule has 0 aliphatic carbocycles. The summed E-state index contributed by atoms with van der Waals surface area (Å²) in [4.78, 5) is 22.3. The van der Waals surface area contributed by atoms with Crippen molar-refractivity contribution in [3.05, 3.63) is 79.3 Å². The van der Waals surface area contributed by atoms with E-state index in [9.17, 15) is 14.9 Å². The molecule has 3 aromatic rings. The highest BCUT2D eigenvalue weighted by molar-refractivity contribution is 9.10. The number of hydrogen-bond acceptors (Lipinski definition) is 6. The standard InChI is InChI=1S/C16H11BrClN5O4/c17-13-9-22(21-15(13)23(25)26)8-12-4-5-14(27-12)16(24)20-19-7-10-2-1-3-11(18)6-10/h1-7,9H,8H2,(H,20,24)/b19-7-. The zero-order valence-corrected chi connectivity index (χ0v) is 15.8. The maximum absolute atomic E-state index is 12.1. The molecule has 0 unspecified atom stereocenters. The molecule has 0 saturated carbocycles. The second-order valence-corrected chi connectivity index (χ2v) is 6.57. The van der Waals surface area contributed by atoms with Crippen LogP contribution in [0.4, 0.5) is 5.82 Å². The molecule has 1 aromatic carbocycles. The van der Waals surface area contributed by atoms with Crippen molar-refractivity contribution in [1.82, 2.24) is 15.2 Å². The lowest BCUT2D eigenvalue weighted by molar-refractivity contribution is -0.390. The molecular formula is C16H11BrClN5O4. The molecule has 1 amide bonds. The molecule has 0 saturated heterocycles. The topological polar surface area (TPSA) is 116 Å². The number of hydrogen-bond donors (Lipinski definition) is 1. The number of amides is 1. The number of aromatic nitrogens is 2. The van der Waals surface area contributed by atoms with Crippen molar-refractivity contribution < 1.29 is 14.1 Å². The average Bonchev–Trinajstić information content (AvgIpc) is 3.22. The highest BCUT2D eigenvalue weighted by Gasteiger charge is 2.19. The molecule has 0 radical (unpaired) electrons. The minimum atomic E-state index is -0.598. The van der Waals surface area contributed by atoms with Gasteiger partial charge in [0.15, 0.2) is 5.76 Å². The van der Waals surface area contributed by atoms with Crippen LogP contribution in [0.1, 0.15) is 21.9 Å². The van der Waals surface area contributed by atoms with Crippen molar-refractivity contribution in [3.63, 3.8) is 0 Å². The number of benzene rings is 1. The van der Waals surface area contributed by atoms with E-state index >= 15 is 0 Å². The number of nitro groups is 1. The van der Waals surface area contributed by atoms with Crippen LogP contribution >= 0.6 is 27.5 Å². The molecule has 0 fully saturated rings. The van der Waals surface area contributed by atoms with Gasteiger partial charge in [-0.1, -0.05) is 23.7 Å². The molecule has 2 aromatic heterocycles. The van der Waals surface area contributed by atoms with Gasteiger partial charge in [0.2, 0.25) is 0 Å². The summed E-state index contributed by atoms with van der Waals surface area (Å²) in [5, 5.41) is 19.0. The van der Waals surface area contributed by atoms with E-state index in [4.69, 9.17) is 16.0 Å². The first-order chi connectivity index (χ1) is 12.9. The molecular weight excluding hydrogens is 442 g/mol. The van der Waals surface area contributed by atoms with Crippen molar-refractivity contribution in [2.24, 2.45) is 5.10 Å². The molecule has 27 heavy (non-hydrogen) atoms. The average molecular weight is 453 g/mol. The van der Waals surface area contributed by atoms with E-state index < -0.39 is 10.8 Å². The first kappa shape index (κ1) is 18.8. The van der Waals surface area contributed by atoms with Gasteiger partial charge in [-0.05, 0) is 50.7 Å². The quantitative estimate of drug-likeness (QED) is 0.348. The van der Waals surface area contributed by atoms with Gasteiger partial charge in [-0.25, -0.2) is 5.43 Å². The Morgan fingerprint density at radius 2 is 2.26 bits per heavy atom. The fourth-order valence-electron chi connectivity index (χ4n) is 2.14. The number of furan rings is 1. The van der Waals surface area contributed by atoms with Crippen LogP contribution in [0.2, 0.25) is 5.02 Å². The van der Waals surface area contributed by atoms with Crippen LogP contribution in [0.3, 0.4) is 0 Å². The first-order valence-electron chi connectivity index (χ1n) is 7.47. The summed E-state index contributed by atoms with van der Waals surface area (Å²) in [7, 11) is 0. The van der Waals surface area contributed by atoms with Crippen molar-refractivity contribution in [2.75, 3.05) is 0 Å². The summed E-state index contributed by atoms with van der Waals surface area (Å²) in [6.07, 6.45) is 2.91. The van der Waals surface area contributed by atoms with E-state index in [0.717, 1.165) is 5.56 Å². The normalized spacial score (nSPS) is 11.0. The minimum absolute atomic E-state index is 0.0500. The largest absolute Gasteiger partial charge is 0.454 e. The Morgan fingerprint density at radius 1 is 1.44 bits per heavy atom. The molecule has 0 spiro atoms. The second kappa shape index (κ2) is 8.14. The molecule has 9 nitrogen and oxygen atoms in total. The van der Waals surface area contributed by atoms with E-state index in [2.05, 4.69) is 31.6 Å². The number of rotatable bonds is 6.